The van der Waals surface area contributed by atoms with Gasteiger partial charge in [0.15, 0.2) is 11.4 Å². The number of methoxy groups -OCH3 is 1. The van der Waals surface area contributed by atoms with Crippen molar-refractivity contribution in [3.05, 3.63) is 52.6 Å². The Morgan fingerprint density at radius 1 is 1.30 bits per heavy atom. The van der Waals surface area contributed by atoms with Crippen LogP contribution in [0.25, 0.3) is 5.78 Å². The molecule has 0 radical (unpaired) electrons. The van der Waals surface area contributed by atoms with Crippen molar-refractivity contribution in [3.8, 4) is 0 Å². The number of hydrogen-bond acceptors (Lipinski definition) is 8. The quantitative estimate of drug-likeness (QED) is 0.561. The number of nitrogen functional groups attached to an aromatic ring is 1. The molecule has 1 aromatic carbocycles. The Bertz CT molecular complexity index is 1000. The molecule has 5 N–H and O–H groups in total. The minimum Gasteiger partial charge on any atom is -0.477 e. The number of aromatic nitrogens is 4. The van der Waals surface area contributed by atoms with Crippen molar-refractivity contribution in [2.75, 3.05) is 12.8 Å². The molecule has 11 heteroatoms. The molecule has 2 aromatic heterocycles. The molecule has 3 aromatic rings. The minimum absolute atomic E-state index is 0.0807. The van der Waals surface area contributed by atoms with Crippen molar-refractivity contribution in [2.45, 2.75) is 13.5 Å². The van der Waals surface area contributed by atoms with Gasteiger partial charge in [0, 0.05) is 12.6 Å². The third-order valence-electron chi connectivity index (χ3n) is 3.40. The van der Waals surface area contributed by atoms with E-state index in [1.165, 1.54) is 6.07 Å². The maximum absolute atomic E-state index is 12.6. The molecule has 0 bridgehead atoms. The third kappa shape index (κ3) is 4.52. The first kappa shape index (κ1) is 19.7. The fraction of sp³-hybridized carbons (Fsp3) is 0.188. The lowest BCUT2D eigenvalue weighted by molar-refractivity contribution is 0.0590. The lowest BCUT2D eigenvalue weighted by atomic mass is 10.1. The van der Waals surface area contributed by atoms with Crippen LogP contribution in [0.3, 0.4) is 0 Å². The summed E-state index contributed by atoms with van der Waals surface area (Å²) in [6.45, 7) is 2.20. The molecule has 10 nitrogen and oxygen atoms in total. The van der Waals surface area contributed by atoms with Crippen LogP contribution in [0.5, 0.6) is 0 Å². The molecule has 0 atom stereocenters. The summed E-state index contributed by atoms with van der Waals surface area (Å²) in [5, 5.41) is 12.5. The zero-order chi connectivity index (χ0) is 20.1. The largest absolute Gasteiger partial charge is 0.477 e. The number of esters is 1. The van der Waals surface area contributed by atoms with Gasteiger partial charge in [-0.2, -0.15) is 9.50 Å². The van der Waals surface area contributed by atoms with E-state index in [1.807, 2.05) is 0 Å². The number of nitrogens with two attached hydrogens (primary N) is 2. The molecule has 142 valence electrons. The lowest BCUT2D eigenvalue weighted by Gasteiger charge is -2.02. The van der Waals surface area contributed by atoms with Gasteiger partial charge in [-0.15, -0.1) is 5.10 Å². The van der Waals surface area contributed by atoms with Gasteiger partial charge in [0.2, 0.25) is 5.95 Å². The summed E-state index contributed by atoms with van der Waals surface area (Å²) in [5.41, 5.74) is 11.9. The number of carbonyl (C=O) groups excluding carboxylic acids is 1. The Labute approximate surface area is 152 Å². The maximum atomic E-state index is 12.6. The van der Waals surface area contributed by atoms with E-state index >= 15 is 0 Å². The SMILES string of the molecule is COC(=O)c1cc(C(=O)O)nc2nc(N)nn12.Cc1cc(CN)ccc1F. The smallest absolute Gasteiger partial charge is 0.356 e. The highest BCUT2D eigenvalue weighted by Crippen LogP contribution is 2.09. The third-order valence-corrected chi connectivity index (χ3v) is 3.40. The Hall–Kier alpha value is -3.60. The number of nitrogens with zero attached hydrogens (tertiary/aromatic N) is 4. The fourth-order valence-electron chi connectivity index (χ4n) is 2.08. The number of carbonyl (C=O) groups is 2. The van der Waals surface area contributed by atoms with Gasteiger partial charge >= 0.3 is 11.9 Å². The number of halogens is 1. The van der Waals surface area contributed by atoms with Gasteiger partial charge < -0.3 is 21.3 Å². The lowest BCUT2D eigenvalue weighted by Crippen LogP contribution is -2.13. The first-order valence-electron chi connectivity index (χ1n) is 7.56. The average molecular weight is 376 g/mol. The van der Waals surface area contributed by atoms with Crippen LogP contribution in [0.4, 0.5) is 10.3 Å². The van der Waals surface area contributed by atoms with Gasteiger partial charge in [0.1, 0.15) is 5.82 Å². The van der Waals surface area contributed by atoms with Gasteiger partial charge in [-0.25, -0.2) is 19.0 Å². The van der Waals surface area contributed by atoms with Crippen LogP contribution in [0, 0.1) is 12.7 Å². The normalized spacial score (nSPS) is 10.2. The van der Waals surface area contributed by atoms with Crippen LogP contribution in [-0.2, 0) is 11.3 Å². The molecule has 0 saturated heterocycles. The van der Waals surface area contributed by atoms with Crippen molar-refractivity contribution >= 4 is 23.7 Å². The van der Waals surface area contributed by atoms with E-state index in [1.54, 1.807) is 19.1 Å². The molecule has 27 heavy (non-hydrogen) atoms. The van der Waals surface area contributed by atoms with E-state index in [-0.39, 0.29) is 28.9 Å². The maximum Gasteiger partial charge on any atom is 0.356 e. The van der Waals surface area contributed by atoms with Gasteiger partial charge in [0.05, 0.1) is 7.11 Å². The van der Waals surface area contributed by atoms with Crippen LogP contribution >= 0.6 is 0 Å². The minimum atomic E-state index is -1.29. The van der Waals surface area contributed by atoms with E-state index in [0.717, 1.165) is 23.3 Å². The van der Waals surface area contributed by atoms with E-state index in [0.29, 0.717) is 12.1 Å². The number of benzene rings is 1. The molecule has 0 aliphatic heterocycles. The first-order chi connectivity index (χ1) is 12.8. The topological polar surface area (TPSA) is 159 Å². The van der Waals surface area contributed by atoms with E-state index in [2.05, 4.69) is 19.8 Å². The Morgan fingerprint density at radius 2 is 2.00 bits per heavy atom. The first-order valence-corrected chi connectivity index (χ1v) is 7.56. The molecule has 0 aliphatic rings. The van der Waals surface area contributed by atoms with Gasteiger partial charge in [-0.1, -0.05) is 12.1 Å². The van der Waals surface area contributed by atoms with Gasteiger partial charge in [-0.05, 0) is 24.1 Å². The molecule has 0 saturated carbocycles. The summed E-state index contributed by atoms with van der Waals surface area (Å²) in [5.74, 6) is -2.42. The molecular weight excluding hydrogens is 359 g/mol. The predicted octanol–water partition coefficient (Wildman–Crippen LogP) is 0.784. The number of ether oxygens (including phenoxy) is 1. The molecule has 0 amide bonds. The standard InChI is InChI=1S/C8H10FN.C8H7N5O4/c1-6-4-7(5-10)2-3-8(6)9;1-17-6(16)4-2-3(5(14)15)10-8-11-7(9)12-13(4)8/h2-4H,5,10H2,1H3;2H,1H3,(H2,9,12)(H,14,15). The van der Waals surface area contributed by atoms with Gasteiger partial charge in [-0.3, -0.25) is 0 Å². The van der Waals surface area contributed by atoms with Crippen LogP contribution < -0.4 is 11.5 Å². The number of fused-ring (bicyclic) bond motifs is 1. The zero-order valence-electron chi connectivity index (χ0n) is 14.5. The molecule has 0 spiro atoms. The summed E-state index contributed by atoms with van der Waals surface area (Å²) >= 11 is 0. The predicted molar refractivity (Wildman–Crippen MR) is 92.5 cm³/mol. The number of aryl methyl sites for hydroxylation is 1. The second kappa shape index (κ2) is 8.19. The molecule has 3 rings (SSSR count). The molecule has 0 fully saturated rings. The summed E-state index contributed by atoms with van der Waals surface area (Å²) in [6.07, 6.45) is 0. The second-order valence-electron chi connectivity index (χ2n) is 5.29. The van der Waals surface area contributed by atoms with E-state index in [4.69, 9.17) is 16.6 Å². The van der Waals surface area contributed by atoms with Crippen LogP contribution in [-0.4, -0.2) is 43.7 Å². The summed E-state index contributed by atoms with van der Waals surface area (Å²) < 4.78 is 18.1. The van der Waals surface area contributed by atoms with Crippen LogP contribution in [0.15, 0.2) is 24.3 Å². The number of aromatic carboxylic acids is 1. The number of carboxylic acid groups (broad SMARTS) is 1. The van der Waals surface area contributed by atoms with Crippen LogP contribution in [0.1, 0.15) is 32.1 Å². The molecule has 0 unspecified atom stereocenters. The highest BCUT2D eigenvalue weighted by atomic mass is 19.1. The highest BCUT2D eigenvalue weighted by Gasteiger charge is 2.18. The van der Waals surface area contributed by atoms with Crippen molar-refractivity contribution in [1.29, 1.82) is 0 Å². The Kier molecular flexibility index (Phi) is 5.98. The van der Waals surface area contributed by atoms with Crippen molar-refractivity contribution in [3.63, 3.8) is 0 Å². The number of carboxylic acids is 1. The zero-order valence-corrected chi connectivity index (χ0v) is 14.5. The van der Waals surface area contributed by atoms with Crippen molar-refractivity contribution < 1.29 is 23.8 Å². The second-order valence-corrected chi connectivity index (χ2v) is 5.29. The fourth-order valence-corrected chi connectivity index (χ4v) is 2.08. The summed E-state index contributed by atoms with van der Waals surface area (Å²) in [4.78, 5) is 29.6. The highest BCUT2D eigenvalue weighted by molar-refractivity contribution is 5.92. The summed E-state index contributed by atoms with van der Waals surface area (Å²) in [7, 11) is 1.16. The number of rotatable bonds is 3. The Morgan fingerprint density at radius 3 is 2.56 bits per heavy atom. The summed E-state index contributed by atoms with van der Waals surface area (Å²) in [6, 6.07) is 5.94. The Balaban J connectivity index is 0.000000223. The number of anilines is 1. The average Bonchev–Trinajstić information content (AvgIpc) is 3.03. The van der Waals surface area contributed by atoms with Crippen molar-refractivity contribution in [1.82, 2.24) is 19.6 Å². The monoisotopic (exact) mass is 376 g/mol. The van der Waals surface area contributed by atoms with Crippen molar-refractivity contribution in [2.24, 2.45) is 5.73 Å². The van der Waals surface area contributed by atoms with Gasteiger partial charge in [0.25, 0.3) is 5.78 Å². The molecular formula is C16H17FN6O4. The van der Waals surface area contributed by atoms with E-state index < -0.39 is 11.9 Å². The number of hydrogen-bond donors (Lipinski definition) is 3. The molecule has 2 heterocycles. The van der Waals surface area contributed by atoms with E-state index in [9.17, 15) is 14.0 Å². The van der Waals surface area contributed by atoms with Crippen LogP contribution in [0.2, 0.25) is 0 Å². The molecule has 0 aliphatic carbocycles.